The normalized spacial score (nSPS) is 10.3. The summed E-state index contributed by atoms with van der Waals surface area (Å²) in [4.78, 5) is 16.0. The molecule has 3 N–H and O–H groups in total. The monoisotopic (exact) mass is 432 g/mol. The van der Waals surface area contributed by atoms with Crippen molar-refractivity contribution in [3.8, 4) is 5.75 Å². The quantitative estimate of drug-likeness (QED) is 0.253. The molecule has 0 aliphatic rings. The molecular weight excluding hydrogens is 407 g/mol. The Kier molecular flexibility index (Phi) is 11.8. The molecule has 0 aliphatic heterocycles. The van der Waals surface area contributed by atoms with Gasteiger partial charge in [0.25, 0.3) is 0 Å². The standard InChI is InChI=1S/C16H24N4O2.HI/c1-4-10-18-16(17-5-2)20-12-15(21)19-11-13-6-8-14(22-3)9-7-13;/h4,6-9H,1,5,10-12H2,2-3H3,(H,19,21)(H2,17,18,20);1H. The molecule has 128 valence electrons. The molecular formula is C16H25IN4O2. The molecule has 1 aromatic rings. The van der Waals surface area contributed by atoms with E-state index in [-0.39, 0.29) is 36.4 Å². The molecule has 7 heteroatoms. The second kappa shape index (κ2) is 12.7. The molecule has 0 spiro atoms. The summed E-state index contributed by atoms with van der Waals surface area (Å²) in [7, 11) is 1.62. The van der Waals surface area contributed by atoms with Crippen molar-refractivity contribution in [2.24, 2.45) is 4.99 Å². The molecule has 1 rings (SSSR count). The number of nitrogens with one attached hydrogen (secondary N) is 3. The van der Waals surface area contributed by atoms with Gasteiger partial charge in [-0.1, -0.05) is 18.2 Å². The maximum absolute atomic E-state index is 11.8. The van der Waals surface area contributed by atoms with Crippen molar-refractivity contribution >= 4 is 35.8 Å². The van der Waals surface area contributed by atoms with E-state index in [0.29, 0.717) is 19.0 Å². The predicted molar refractivity (Wildman–Crippen MR) is 104 cm³/mol. The number of benzene rings is 1. The SMILES string of the molecule is C=CCNC(=NCC(=O)NCc1ccc(OC)cc1)NCC.I. The van der Waals surface area contributed by atoms with Gasteiger partial charge in [0.05, 0.1) is 7.11 Å². The van der Waals surface area contributed by atoms with Crippen LogP contribution < -0.4 is 20.7 Å². The summed E-state index contributed by atoms with van der Waals surface area (Å²) in [5.74, 6) is 1.26. The van der Waals surface area contributed by atoms with Crippen molar-refractivity contribution in [2.45, 2.75) is 13.5 Å². The fourth-order valence-electron chi connectivity index (χ4n) is 1.66. The lowest BCUT2D eigenvalue weighted by molar-refractivity contribution is -0.119. The van der Waals surface area contributed by atoms with Gasteiger partial charge in [-0.25, -0.2) is 4.99 Å². The summed E-state index contributed by atoms with van der Waals surface area (Å²) >= 11 is 0. The van der Waals surface area contributed by atoms with Crippen molar-refractivity contribution in [1.82, 2.24) is 16.0 Å². The molecule has 0 fully saturated rings. The minimum atomic E-state index is -0.133. The minimum Gasteiger partial charge on any atom is -0.497 e. The fourth-order valence-corrected chi connectivity index (χ4v) is 1.66. The maximum atomic E-state index is 11.8. The van der Waals surface area contributed by atoms with Crippen molar-refractivity contribution < 1.29 is 9.53 Å². The van der Waals surface area contributed by atoms with Crippen molar-refractivity contribution in [3.05, 3.63) is 42.5 Å². The number of aliphatic imine (C=N–C) groups is 1. The molecule has 6 nitrogen and oxygen atoms in total. The van der Waals surface area contributed by atoms with Gasteiger partial charge >= 0.3 is 0 Å². The first-order valence-corrected chi connectivity index (χ1v) is 7.22. The van der Waals surface area contributed by atoms with Crippen molar-refractivity contribution in [2.75, 3.05) is 26.7 Å². The molecule has 23 heavy (non-hydrogen) atoms. The van der Waals surface area contributed by atoms with Crippen LogP contribution in [-0.4, -0.2) is 38.6 Å². The molecule has 0 aliphatic carbocycles. The van der Waals surface area contributed by atoms with Gasteiger partial charge in [0.2, 0.25) is 5.91 Å². The molecule has 0 radical (unpaired) electrons. The lowest BCUT2D eigenvalue weighted by Crippen LogP contribution is -2.38. The van der Waals surface area contributed by atoms with Crippen LogP contribution in [0.1, 0.15) is 12.5 Å². The van der Waals surface area contributed by atoms with Crippen LogP contribution in [0.4, 0.5) is 0 Å². The smallest absolute Gasteiger partial charge is 0.242 e. The first-order valence-electron chi connectivity index (χ1n) is 7.22. The van der Waals surface area contributed by atoms with Crippen LogP contribution in [0, 0.1) is 0 Å². The summed E-state index contributed by atoms with van der Waals surface area (Å²) in [6.07, 6.45) is 1.73. The van der Waals surface area contributed by atoms with Crippen LogP contribution >= 0.6 is 24.0 Å². The number of hydrogen-bond donors (Lipinski definition) is 3. The van der Waals surface area contributed by atoms with E-state index in [1.165, 1.54) is 0 Å². The van der Waals surface area contributed by atoms with Crippen LogP contribution in [-0.2, 0) is 11.3 Å². The number of guanidine groups is 1. The van der Waals surface area contributed by atoms with Crippen LogP contribution in [0.15, 0.2) is 41.9 Å². The number of halogens is 1. The lowest BCUT2D eigenvalue weighted by atomic mass is 10.2. The van der Waals surface area contributed by atoms with Gasteiger partial charge in [-0.2, -0.15) is 0 Å². The van der Waals surface area contributed by atoms with Crippen LogP contribution in [0.2, 0.25) is 0 Å². The molecule has 0 atom stereocenters. The maximum Gasteiger partial charge on any atom is 0.242 e. The molecule has 0 saturated heterocycles. The Balaban J connectivity index is 0.00000484. The average molecular weight is 432 g/mol. The number of carbonyl (C=O) groups is 1. The zero-order valence-electron chi connectivity index (χ0n) is 13.6. The third kappa shape index (κ3) is 9.07. The van der Waals surface area contributed by atoms with E-state index in [1.807, 2.05) is 31.2 Å². The van der Waals surface area contributed by atoms with Crippen LogP contribution in [0.3, 0.4) is 0 Å². The largest absolute Gasteiger partial charge is 0.497 e. The Morgan fingerprint density at radius 2 is 1.96 bits per heavy atom. The number of amides is 1. The predicted octanol–water partition coefficient (Wildman–Crippen LogP) is 1.67. The number of ether oxygens (including phenoxy) is 1. The van der Waals surface area contributed by atoms with E-state index in [1.54, 1.807) is 13.2 Å². The van der Waals surface area contributed by atoms with E-state index >= 15 is 0 Å². The Labute approximate surface area is 154 Å². The first kappa shape index (κ1) is 21.2. The third-order valence-electron chi connectivity index (χ3n) is 2.79. The van der Waals surface area contributed by atoms with Crippen molar-refractivity contribution in [3.63, 3.8) is 0 Å². The van der Waals surface area contributed by atoms with E-state index in [4.69, 9.17) is 4.74 Å². The molecule has 0 saturated carbocycles. The Morgan fingerprint density at radius 3 is 2.52 bits per heavy atom. The summed E-state index contributed by atoms with van der Waals surface area (Å²) in [5, 5.41) is 8.92. The van der Waals surface area contributed by atoms with Gasteiger partial charge in [0, 0.05) is 19.6 Å². The number of nitrogens with zero attached hydrogens (tertiary/aromatic N) is 1. The van der Waals surface area contributed by atoms with Gasteiger partial charge < -0.3 is 20.7 Å². The van der Waals surface area contributed by atoms with E-state index in [0.717, 1.165) is 17.9 Å². The second-order valence-corrected chi connectivity index (χ2v) is 4.49. The highest BCUT2D eigenvalue weighted by Crippen LogP contribution is 2.10. The lowest BCUT2D eigenvalue weighted by Gasteiger charge is -2.09. The molecule has 0 unspecified atom stereocenters. The van der Waals surface area contributed by atoms with E-state index < -0.39 is 0 Å². The van der Waals surface area contributed by atoms with Crippen molar-refractivity contribution in [1.29, 1.82) is 0 Å². The van der Waals surface area contributed by atoms with Gasteiger partial charge in [-0.05, 0) is 24.6 Å². The Morgan fingerprint density at radius 1 is 1.26 bits per heavy atom. The van der Waals surface area contributed by atoms with E-state index in [2.05, 4.69) is 27.5 Å². The van der Waals surface area contributed by atoms with Crippen LogP contribution in [0.5, 0.6) is 5.75 Å². The zero-order valence-corrected chi connectivity index (χ0v) is 15.9. The molecule has 0 bridgehead atoms. The molecule has 1 amide bonds. The van der Waals surface area contributed by atoms with Gasteiger partial charge in [-0.15, -0.1) is 30.6 Å². The molecule has 0 aromatic heterocycles. The Hall–Kier alpha value is -1.77. The number of carbonyl (C=O) groups excluding carboxylic acids is 1. The fraction of sp³-hybridized carbons (Fsp3) is 0.375. The summed E-state index contributed by atoms with van der Waals surface area (Å²) in [6, 6.07) is 7.56. The number of rotatable bonds is 8. The minimum absolute atomic E-state index is 0. The highest BCUT2D eigenvalue weighted by atomic mass is 127. The van der Waals surface area contributed by atoms with Gasteiger partial charge in [-0.3, -0.25) is 4.79 Å². The number of hydrogen-bond acceptors (Lipinski definition) is 3. The topological polar surface area (TPSA) is 74.8 Å². The summed E-state index contributed by atoms with van der Waals surface area (Å²) in [6.45, 7) is 7.47. The van der Waals surface area contributed by atoms with Gasteiger partial charge in [0.15, 0.2) is 5.96 Å². The third-order valence-corrected chi connectivity index (χ3v) is 2.79. The summed E-state index contributed by atoms with van der Waals surface area (Å²) in [5.41, 5.74) is 1.01. The van der Waals surface area contributed by atoms with Crippen LogP contribution in [0.25, 0.3) is 0 Å². The number of methoxy groups -OCH3 is 1. The highest BCUT2D eigenvalue weighted by molar-refractivity contribution is 14.0. The molecule has 1 aromatic carbocycles. The summed E-state index contributed by atoms with van der Waals surface area (Å²) < 4.78 is 5.09. The first-order chi connectivity index (χ1) is 10.7. The second-order valence-electron chi connectivity index (χ2n) is 4.49. The van der Waals surface area contributed by atoms with Gasteiger partial charge in [0.1, 0.15) is 12.3 Å². The average Bonchev–Trinajstić information content (AvgIpc) is 2.56. The van der Waals surface area contributed by atoms with E-state index in [9.17, 15) is 4.79 Å². The molecule has 0 heterocycles. The Bertz CT molecular complexity index is 503. The highest BCUT2D eigenvalue weighted by Gasteiger charge is 2.02. The zero-order chi connectivity index (χ0) is 16.2.